The van der Waals surface area contributed by atoms with Gasteiger partial charge in [-0.1, -0.05) is 11.2 Å². The number of anilines is 1. The molecule has 0 amide bonds. The number of nitrogen functional groups attached to an aromatic ring is 1. The largest absolute Gasteiger partial charge is 0.478 e. The molecule has 102 valence electrons. The van der Waals surface area contributed by atoms with E-state index >= 15 is 0 Å². The van der Waals surface area contributed by atoms with Crippen LogP contribution in [0.25, 0.3) is 10.4 Å². The van der Waals surface area contributed by atoms with E-state index in [2.05, 4.69) is 10.0 Å². The van der Waals surface area contributed by atoms with Gasteiger partial charge in [0.2, 0.25) is 0 Å². The molecule has 0 aliphatic rings. The van der Waals surface area contributed by atoms with Crippen LogP contribution in [0.4, 0.5) is 5.69 Å². The van der Waals surface area contributed by atoms with E-state index in [1.54, 1.807) is 0 Å². The number of hydrogen-bond acceptors (Lipinski definition) is 5. The topological polar surface area (TPSA) is 153 Å². The van der Waals surface area contributed by atoms with Crippen molar-refractivity contribution in [2.45, 2.75) is 18.6 Å². The maximum Gasteiger partial charge on any atom is 0.337 e. The number of hydrogen-bond donors (Lipinski definition) is 4. The van der Waals surface area contributed by atoms with Crippen molar-refractivity contribution in [3.8, 4) is 0 Å². The van der Waals surface area contributed by atoms with Crippen LogP contribution in [0.15, 0.2) is 23.3 Å². The van der Waals surface area contributed by atoms with Crippen LogP contribution in [0.2, 0.25) is 0 Å². The predicted octanol–water partition coefficient (Wildman–Crippen LogP) is 1.06. The Balaban J connectivity index is 2.87. The molecule has 0 saturated carbocycles. The third kappa shape index (κ3) is 3.85. The monoisotopic (exact) mass is 266 g/mol. The van der Waals surface area contributed by atoms with Gasteiger partial charge in [-0.15, -0.1) is 0 Å². The highest BCUT2D eigenvalue weighted by Gasteiger charge is 2.20. The SMILES string of the molecule is [N-]=[N+]=NCCC(O)C(O)c1ccc(N)c(C(=O)O)c1. The van der Waals surface area contributed by atoms with Crippen LogP contribution < -0.4 is 5.73 Å². The normalized spacial score (nSPS) is 13.4. The van der Waals surface area contributed by atoms with Crippen molar-refractivity contribution < 1.29 is 20.1 Å². The minimum atomic E-state index is -1.27. The van der Waals surface area contributed by atoms with Gasteiger partial charge in [-0.05, 0) is 29.6 Å². The minimum absolute atomic E-state index is 0.0372. The molecular formula is C11H14N4O4. The smallest absolute Gasteiger partial charge is 0.337 e. The number of azide groups is 1. The first-order valence-electron chi connectivity index (χ1n) is 5.47. The lowest BCUT2D eigenvalue weighted by atomic mass is 9.99. The maximum absolute atomic E-state index is 10.9. The molecule has 0 aliphatic carbocycles. The van der Waals surface area contributed by atoms with Crippen molar-refractivity contribution in [3.63, 3.8) is 0 Å². The molecule has 0 radical (unpaired) electrons. The summed E-state index contributed by atoms with van der Waals surface area (Å²) in [6.45, 7) is 0.0372. The van der Waals surface area contributed by atoms with Crippen LogP contribution in [0.3, 0.4) is 0 Å². The van der Waals surface area contributed by atoms with E-state index in [-0.39, 0.29) is 29.8 Å². The molecule has 1 aromatic carbocycles. The van der Waals surface area contributed by atoms with Crippen LogP contribution in [0.5, 0.6) is 0 Å². The Morgan fingerprint density at radius 3 is 2.74 bits per heavy atom. The first kappa shape index (κ1) is 14.8. The summed E-state index contributed by atoms with van der Waals surface area (Å²) in [5.74, 6) is -1.21. The van der Waals surface area contributed by atoms with E-state index in [4.69, 9.17) is 16.4 Å². The molecule has 5 N–H and O–H groups in total. The highest BCUT2D eigenvalue weighted by atomic mass is 16.4. The Morgan fingerprint density at radius 1 is 1.47 bits per heavy atom. The third-order valence-electron chi connectivity index (χ3n) is 2.60. The van der Waals surface area contributed by atoms with E-state index in [0.717, 1.165) is 0 Å². The third-order valence-corrected chi connectivity index (χ3v) is 2.60. The second kappa shape index (κ2) is 6.60. The molecule has 1 aromatic rings. The molecule has 0 aromatic heterocycles. The predicted molar refractivity (Wildman–Crippen MR) is 67.4 cm³/mol. The number of carboxylic acid groups (broad SMARTS) is 1. The van der Waals surface area contributed by atoms with Crippen molar-refractivity contribution in [2.75, 3.05) is 12.3 Å². The number of benzene rings is 1. The molecule has 0 bridgehead atoms. The molecule has 2 unspecified atom stereocenters. The lowest BCUT2D eigenvalue weighted by Crippen LogP contribution is -2.19. The van der Waals surface area contributed by atoms with Gasteiger partial charge in [-0.3, -0.25) is 0 Å². The molecule has 8 heteroatoms. The van der Waals surface area contributed by atoms with Gasteiger partial charge in [0.25, 0.3) is 0 Å². The van der Waals surface area contributed by atoms with Crippen LogP contribution in [0.1, 0.15) is 28.4 Å². The molecule has 0 heterocycles. The summed E-state index contributed by atoms with van der Waals surface area (Å²) in [5.41, 5.74) is 13.8. The average molecular weight is 266 g/mol. The van der Waals surface area contributed by atoms with Crippen LogP contribution in [-0.4, -0.2) is 33.9 Å². The summed E-state index contributed by atoms with van der Waals surface area (Å²) in [6.07, 6.45) is -2.36. The highest BCUT2D eigenvalue weighted by Crippen LogP contribution is 2.23. The van der Waals surface area contributed by atoms with Crippen LogP contribution in [0, 0.1) is 0 Å². The zero-order chi connectivity index (χ0) is 14.4. The van der Waals surface area contributed by atoms with Crippen molar-refractivity contribution in [2.24, 2.45) is 5.11 Å². The van der Waals surface area contributed by atoms with Gasteiger partial charge in [0.15, 0.2) is 0 Å². The summed E-state index contributed by atoms with van der Waals surface area (Å²) >= 11 is 0. The van der Waals surface area contributed by atoms with E-state index in [1.165, 1.54) is 18.2 Å². The minimum Gasteiger partial charge on any atom is -0.478 e. The number of rotatable bonds is 6. The Morgan fingerprint density at radius 2 is 2.16 bits per heavy atom. The first-order chi connectivity index (χ1) is 8.97. The van der Waals surface area contributed by atoms with Gasteiger partial charge in [0.1, 0.15) is 6.10 Å². The van der Waals surface area contributed by atoms with E-state index in [0.29, 0.717) is 0 Å². The number of carboxylic acids is 1. The number of aliphatic hydroxyl groups is 2. The Bertz CT molecular complexity index is 513. The van der Waals surface area contributed by atoms with Gasteiger partial charge in [0, 0.05) is 17.1 Å². The van der Waals surface area contributed by atoms with Crippen LogP contribution in [-0.2, 0) is 0 Å². The second-order valence-corrected chi connectivity index (χ2v) is 3.91. The van der Waals surface area contributed by atoms with Crippen molar-refractivity contribution in [1.29, 1.82) is 0 Å². The highest BCUT2D eigenvalue weighted by molar-refractivity contribution is 5.93. The van der Waals surface area contributed by atoms with E-state index in [1.807, 2.05) is 0 Å². The quantitative estimate of drug-likeness (QED) is 0.262. The lowest BCUT2D eigenvalue weighted by molar-refractivity contribution is 0.0150. The molecule has 0 saturated heterocycles. The van der Waals surface area contributed by atoms with Crippen molar-refractivity contribution >= 4 is 11.7 Å². The maximum atomic E-state index is 10.9. The summed E-state index contributed by atoms with van der Waals surface area (Å²) in [7, 11) is 0. The fourth-order valence-corrected chi connectivity index (χ4v) is 1.56. The summed E-state index contributed by atoms with van der Waals surface area (Å²) in [5, 5.41) is 31.7. The fourth-order valence-electron chi connectivity index (χ4n) is 1.56. The zero-order valence-electron chi connectivity index (χ0n) is 9.97. The summed E-state index contributed by atoms with van der Waals surface area (Å²) in [4.78, 5) is 13.4. The number of nitrogens with two attached hydrogens (primary N) is 1. The van der Waals surface area contributed by atoms with Crippen molar-refractivity contribution in [3.05, 3.63) is 39.8 Å². The molecule has 0 spiro atoms. The molecular weight excluding hydrogens is 252 g/mol. The Kier molecular flexibility index (Phi) is 5.13. The summed E-state index contributed by atoms with van der Waals surface area (Å²) < 4.78 is 0. The number of carbonyl (C=O) groups is 1. The lowest BCUT2D eigenvalue weighted by Gasteiger charge is -2.18. The fraction of sp³-hybridized carbons (Fsp3) is 0.364. The van der Waals surface area contributed by atoms with Crippen molar-refractivity contribution in [1.82, 2.24) is 0 Å². The molecule has 1 rings (SSSR count). The average Bonchev–Trinajstić information content (AvgIpc) is 2.38. The summed E-state index contributed by atoms with van der Waals surface area (Å²) in [6, 6.07) is 3.99. The number of aromatic carboxylic acids is 1. The number of aliphatic hydroxyl groups excluding tert-OH is 2. The Labute approximate surface area is 108 Å². The van der Waals surface area contributed by atoms with E-state index in [9.17, 15) is 15.0 Å². The van der Waals surface area contributed by atoms with E-state index < -0.39 is 18.2 Å². The number of nitrogens with zero attached hydrogens (tertiary/aromatic N) is 3. The molecule has 0 fully saturated rings. The molecule has 2 atom stereocenters. The van der Waals surface area contributed by atoms with Gasteiger partial charge in [-0.25, -0.2) is 4.79 Å². The van der Waals surface area contributed by atoms with Crippen LogP contribution >= 0.6 is 0 Å². The van der Waals surface area contributed by atoms with Gasteiger partial charge < -0.3 is 21.1 Å². The van der Waals surface area contributed by atoms with Gasteiger partial charge >= 0.3 is 5.97 Å². The molecule has 0 aliphatic heterocycles. The zero-order valence-corrected chi connectivity index (χ0v) is 9.97. The van der Waals surface area contributed by atoms with Gasteiger partial charge in [-0.2, -0.15) is 0 Å². The molecule has 8 nitrogen and oxygen atoms in total. The first-order valence-corrected chi connectivity index (χ1v) is 5.47. The van der Waals surface area contributed by atoms with Gasteiger partial charge in [0.05, 0.1) is 11.7 Å². The second-order valence-electron chi connectivity index (χ2n) is 3.91. The standard InChI is InChI=1S/C11H14N4O4/c12-8-2-1-6(5-7(8)11(18)19)10(17)9(16)3-4-14-15-13/h1-2,5,9-10,16-17H,3-4,12H2,(H,18,19). The Hall–Kier alpha value is -2.28. The molecule has 19 heavy (non-hydrogen) atoms.